The molecule has 60 heavy (non-hydrogen) atoms. The second-order valence-corrected chi connectivity index (χ2v) is 15.5. The maximum Gasteiger partial charge on any atom is 0.306 e. The Morgan fingerprint density at radius 3 is 2.43 bits per heavy atom. The van der Waals surface area contributed by atoms with Crippen molar-refractivity contribution in [3.63, 3.8) is 0 Å². The van der Waals surface area contributed by atoms with Gasteiger partial charge in [0.1, 0.15) is 31.1 Å². The van der Waals surface area contributed by atoms with E-state index >= 15 is 0 Å². The number of hydrogen-bond acceptors (Lipinski definition) is 11. The topological polar surface area (TPSA) is 204 Å². The fourth-order valence-electron chi connectivity index (χ4n) is 7.37. The van der Waals surface area contributed by atoms with Gasteiger partial charge in [0.2, 0.25) is 11.8 Å². The molecule has 0 radical (unpaired) electrons. The Morgan fingerprint density at radius 2 is 1.67 bits per heavy atom. The van der Waals surface area contributed by atoms with Crippen molar-refractivity contribution >= 4 is 27.9 Å². The quantitative estimate of drug-likeness (QED) is 0.0458. The molecule has 0 spiro atoms. The van der Waals surface area contributed by atoms with Crippen LogP contribution < -0.4 is 19.5 Å². The molecule has 5 aromatic rings. The second-order valence-electron chi connectivity index (χ2n) is 14.7. The van der Waals surface area contributed by atoms with Crippen molar-refractivity contribution < 1.29 is 44.2 Å². The van der Waals surface area contributed by atoms with Gasteiger partial charge in [0.05, 0.1) is 35.1 Å². The Bertz CT molecular complexity index is 2330. The first kappa shape index (κ1) is 43.7. The molecule has 0 bridgehead atoms. The number of nitriles is 1. The lowest BCUT2D eigenvalue weighted by Crippen LogP contribution is -2.31. The van der Waals surface area contributed by atoms with Gasteiger partial charge in [-0.1, -0.05) is 48.5 Å². The molecule has 0 fully saturated rings. The highest BCUT2D eigenvalue weighted by molar-refractivity contribution is 9.10. The molecule has 0 unspecified atom stereocenters. The molecule has 0 amide bonds. The third kappa shape index (κ3) is 11.7. The van der Waals surface area contributed by atoms with E-state index in [1.807, 2.05) is 30.3 Å². The normalized spacial score (nSPS) is 14.2. The minimum Gasteiger partial charge on any atom is -0.492 e. The van der Waals surface area contributed by atoms with Gasteiger partial charge in [-0.15, -0.1) is 0 Å². The minimum absolute atomic E-state index is 0.111. The number of rotatable bonds is 21. The monoisotopic (exact) mass is 878 g/mol. The van der Waals surface area contributed by atoms with Crippen LogP contribution in [-0.4, -0.2) is 74.2 Å². The van der Waals surface area contributed by atoms with Crippen molar-refractivity contribution in [2.75, 3.05) is 19.7 Å². The molecule has 1 aliphatic carbocycles. The Labute approximate surface area is 356 Å². The molecule has 312 valence electrons. The van der Waals surface area contributed by atoms with Crippen molar-refractivity contribution in [3.8, 4) is 45.8 Å². The molecule has 2 heterocycles. The van der Waals surface area contributed by atoms with Crippen LogP contribution in [0.2, 0.25) is 0 Å². The smallest absolute Gasteiger partial charge is 0.306 e. The van der Waals surface area contributed by atoms with E-state index in [1.54, 1.807) is 12.3 Å². The van der Waals surface area contributed by atoms with Crippen molar-refractivity contribution in [1.29, 1.82) is 5.26 Å². The highest BCUT2D eigenvalue weighted by Gasteiger charge is 2.29. The number of carboxylic acids is 2. The molecule has 5 N–H and O–H groups in total. The zero-order valence-corrected chi connectivity index (χ0v) is 34.7. The number of nitrogens with zero attached hydrogens (tertiary/aromatic N) is 3. The lowest BCUT2D eigenvalue weighted by atomic mass is 9.89. The summed E-state index contributed by atoms with van der Waals surface area (Å²) in [6.07, 6.45) is 3.12. The summed E-state index contributed by atoms with van der Waals surface area (Å²) in [4.78, 5) is 30.7. The van der Waals surface area contributed by atoms with Crippen LogP contribution in [0.4, 0.5) is 0 Å². The number of benzene rings is 3. The predicted molar refractivity (Wildman–Crippen MR) is 227 cm³/mol. The summed E-state index contributed by atoms with van der Waals surface area (Å²) in [5, 5.41) is 50.0. The highest BCUT2D eigenvalue weighted by atomic mass is 79.9. The SMILES string of the molecule is Cc1c(-c2ccc(OCCNC[C@@H](O)CC(=O)O)cc2)cccc1-c1cccc2c1CC[C@@H]2Oc1nc(OCc2cncc(C#N)c2)c(CCC[C@@H](O)CC(=O)O)cc1Br. The number of nitrogens with one attached hydrogen (secondary N) is 1. The van der Waals surface area contributed by atoms with Gasteiger partial charge in [-0.2, -0.15) is 10.2 Å². The molecular weight excluding hydrogens is 832 g/mol. The number of carbonyl (C=O) groups is 2. The van der Waals surface area contributed by atoms with Crippen molar-refractivity contribution in [2.45, 2.75) is 76.8 Å². The van der Waals surface area contributed by atoms with Crippen LogP contribution in [0.3, 0.4) is 0 Å². The number of aromatic nitrogens is 2. The molecular formula is C46H47BrN4O9. The first-order valence-electron chi connectivity index (χ1n) is 19.8. The molecule has 3 atom stereocenters. The van der Waals surface area contributed by atoms with Crippen molar-refractivity contribution in [3.05, 3.63) is 123 Å². The number of aryl methyl sites for hydroxylation is 1. The van der Waals surface area contributed by atoms with Gasteiger partial charge in [-0.05, 0) is 118 Å². The maximum atomic E-state index is 11.1. The van der Waals surface area contributed by atoms with Gasteiger partial charge in [0.25, 0.3) is 0 Å². The average molecular weight is 880 g/mol. The Kier molecular flexibility index (Phi) is 15.2. The van der Waals surface area contributed by atoms with Crippen LogP contribution >= 0.6 is 15.9 Å². The predicted octanol–water partition coefficient (Wildman–Crippen LogP) is 7.36. The molecule has 0 saturated carbocycles. The summed E-state index contributed by atoms with van der Waals surface area (Å²) in [5.41, 5.74) is 9.72. The van der Waals surface area contributed by atoms with E-state index in [0.29, 0.717) is 65.5 Å². The number of aliphatic carboxylic acids is 2. The van der Waals surface area contributed by atoms with Crippen molar-refractivity contribution in [1.82, 2.24) is 15.3 Å². The minimum atomic E-state index is -1.05. The van der Waals surface area contributed by atoms with E-state index in [1.165, 1.54) is 11.8 Å². The molecule has 3 aromatic carbocycles. The summed E-state index contributed by atoms with van der Waals surface area (Å²) < 4.78 is 19.4. The number of pyridine rings is 2. The largest absolute Gasteiger partial charge is 0.492 e. The third-order valence-electron chi connectivity index (χ3n) is 10.3. The molecule has 6 rings (SSSR count). The highest BCUT2D eigenvalue weighted by Crippen LogP contribution is 2.43. The fraction of sp³-hybridized carbons (Fsp3) is 0.326. The lowest BCUT2D eigenvalue weighted by molar-refractivity contribution is -0.140. The van der Waals surface area contributed by atoms with E-state index in [-0.39, 0.29) is 32.1 Å². The Balaban J connectivity index is 1.16. The first-order chi connectivity index (χ1) is 29.0. The average Bonchev–Trinajstić information content (AvgIpc) is 3.64. The number of aliphatic hydroxyl groups excluding tert-OH is 2. The molecule has 2 aromatic heterocycles. The standard InChI is InChI=1S/C46H47BrN4O9/c1-28-36(31-11-13-35(14-12-31)58-18-17-49-26-34(53)22-44(56)57)7-3-8-37(28)38-9-4-10-40-39(38)15-16-42(40)60-46-41(47)20-32(5-2-6-33(52)21-43(54)55)45(51-46)59-27-30-19-29(23-48)24-50-25-30/h3-4,7-14,19-20,24-25,33-34,42,49,52-53H,2,5-6,15-18,21-22,26-27H2,1H3,(H,54,55)(H,56,57)/t33-,34+,42+/m1/s1. The number of hydrogen-bond donors (Lipinski definition) is 5. The van der Waals surface area contributed by atoms with Gasteiger partial charge in [-0.3, -0.25) is 14.6 Å². The third-order valence-corrected chi connectivity index (χ3v) is 10.8. The maximum absolute atomic E-state index is 11.1. The van der Waals surface area contributed by atoms with Gasteiger partial charge in [-0.25, -0.2) is 0 Å². The van der Waals surface area contributed by atoms with E-state index < -0.39 is 24.1 Å². The van der Waals surface area contributed by atoms with Crippen LogP contribution in [0.15, 0.2) is 89.7 Å². The second kappa shape index (κ2) is 20.9. The molecule has 0 aliphatic heterocycles. The molecule has 1 aliphatic rings. The molecule has 13 nitrogen and oxygen atoms in total. The van der Waals surface area contributed by atoms with Gasteiger partial charge in [0, 0.05) is 36.6 Å². The first-order valence-corrected chi connectivity index (χ1v) is 20.6. The summed E-state index contributed by atoms with van der Waals surface area (Å²) in [5.74, 6) is -0.686. The summed E-state index contributed by atoms with van der Waals surface area (Å²) in [7, 11) is 0. The lowest BCUT2D eigenvalue weighted by Gasteiger charge is -2.19. The fourth-order valence-corrected chi connectivity index (χ4v) is 7.83. The van der Waals surface area contributed by atoms with Gasteiger partial charge >= 0.3 is 11.9 Å². The number of fused-ring (bicyclic) bond motifs is 1. The van der Waals surface area contributed by atoms with E-state index in [2.05, 4.69) is 75.6 Å². The Hall–Kier alpha value is -5.85. The summed E-state index contributed by atoms with van der Waals surface area (Å²) >= 11 is 3.67. The number of ether oxygens (including phenoxy) is 3. The van der Waals surface area contributed by atoms with Crippen LogP contribution in [0.5, 0.6) is 17.5 Å². The number of aliphatic hydroxyl groups is 2. The summed E-state index contributed by atoms with van der Waals surface area (Å²) in [6.45, 7) is 3.25. The van der Waals surface area contributed by atoms with Crippen molar-refractivity contribution in [2.24, 2.45) is 0 Å². The zero-order valence-electron chi connectivity index (χ0n) is 33.1. The van der Waals surface area contributed by atoms with E-state index in [0.717, 1.165) is 51.8 Å². The molecule has 0 saturated heterocycles. The van der Waals surface area contributed by atoms with E-state index in [9.17, 15) is 25.1 Å². The van der Waals surface area contributed by atoms with Crippen LogP contribution in [-0.2, 0) is 29.0 Å². The zero-order chi connectivity index (χ0) is 42.6. The number of carboxylic acid groups (broad SMARTS) is 2. The van der Waals surface area contributed by atoms with Crippen LogP contribution in [0, 0.1) is 18.3 Å². The van der Waals surface area contributed by atoms with E-state index in [4.69, 9.17) is 29.4 Å². The Morgan fingerprint density at radius 1 is 0.933 bits per heavy atom. The summed E-state index contributed by atoms with van der Waals surface area (Å²) in [6, 6.07) is 26.2. The number of halogens is 1. The molecule has 14 heteroatoms. The van der Waals surface area contributed by atoms with Crippen LogP contribution in [0.25, 0.3) is 22.3 Å². The van der Waals surface area contributed by atoms with Gasteiger partial charge < -0.3 is 40.0 Å². The van der Waals surface area contributed by atoms with Gasteiger partial charge in [0.15, 0.2) is 0 Å². The van der Waals surface area contributed by atoms with Crippen LogP contribution in [0.1, 0.15) is 71.6 Å².